The van der Waals surface area contributed by atoms with E-state index < -0.39 is 5.92 Å². The molecule has 3 heteroatoms. The van der Waals surface area contributed by atoms with Crippen LogP contribution in [0, 0.1) is 5.92 Å². The predicted molar refractivity (Wildman–Crippen MR) is 82.1 cm³/mol. The molecular formula is C17H16O2S. The fraction of sp³-hybridized carbons (Fsp3) is 0.176. The minimum Gasteiger partial charge on any atom is -0.299 e. The molecule has 0 N–H and O–H groups in total. The van der Waals surface area contributed by atoms with Crippen LogP contribution in [0.3, 0.4) is 0 Å². The fourth-order valence-corrected chi connectivity index (χ4v) is 2.97. The van der Waals surface area contributed by atoms with Crippen molar-refractivity contribution >= 4 is 23.3 Å². The van der Waals surface area contributed by atoms with Crippen molar-refractivity contribution in [3.8, 4) is 0 Å². The lowest BCUT2D eigenvalue weighted by Gasteiger charge is -2.12. The first-order chi connectivity index (χ1) is 9.68. The van der Waals surface area contributed by atoms with Crippen molar-refractivity contribution in [1.82, 2.24) is 0 Å². The van der Waals surface area contributed by atoms with Crippen molar-refractivity contribution in [2.24, 2.45) is 5.92 Å². The van der Waals surface area contributed by atoms with Crippen LogP contribution >= 0.6 is 11.8 Å². The molecule has 1 atom stereocenters. The zero-order chi connectivity index (χ0) is 14.4. The minimum atomic E-state index is -0.581. The fourth-order valence-electron chi connectivity index (χ4n) is 1.88. The van der Waals surface area contributed by atoms with E-state index in [1.807, 2.05) is 48.5 Å². The third-order valence-corrected chi connectivity index (χ3v) is 4.13. The van der Waals surface area contributed by atoms with Gasteiger partial charge in [0.2, 0.25) is 0 Å². The predicted octanol–water partition coefficient (Wildman–Crippen LogP) is 3.87. The largest absolute Gasteiger partial charge is 0.299 e. The number of ketones is 2. The highest BCUT2D eigenvalue weighted by atomic mass is 32.2. The zero-order valence-corrected chi connectivity index (χ0v) is 12.1. The van der Waals surface area contributed by atoms with Crippen LogP contribution in [-0.4, -0.2) is 17.3 Å². The number of thioether (sulfide) groups is 1. The van der Waals surface area contributed by atoms with Crippen molar-refractivity contribution < 1.29 is 9.59 Å². The quantitative estimate of drug-likeness (QED) is 0.459. The van der Waals surface area contributed by atoms with E-state index in [2.05, 4.69) is 0 Å². The summed E-state index contributed by atoms with van der Waals surface area (Å²) in [5.74, 6) is -0.279. The Hall–Kier alpha value is -1.87. The average Bonchev–Trinajstić information content (AvgIpc) is 2.49. The number of hydrogen-bond acceptors (Lipinski definition) is 3. The van der Waals surface area contributed by atoms with Gasteiger partial charge in [0.25, 0.3) is 0 Å². The first-order valence-electron chi connectivity index (χ1n) is 6.46. The molecular weight excluding hydrogens is 268 g/mol. The van der Waals surface area contributed by atoms with Crippen molar-refractivity contribution in [1.29, 1.82) is 0 Å². The van der Waals surface area contributed by atoms with Crippen molar-refractivity contribution in [2.45, 2.75) is 11.8 Å². The second-order valence-corrected chi connectivity index (χ2v) is 5.61. The van der Waals surface area contributed by atoms with Crippen LogP contribution in [0.5, 0.6) is 0 Å². The second kappa shape index (κ2) is 7.06. The van der Waals surface area contributed by atoms with Crippen LogP contribution in [-0.2, 0) is 4.79 Å². The molecule has 0 fully saturated rings. The van der Waals surface area contributed by atoms with Crippen LogP contribution in [0.1, 0.15) is 17.3 Å². The summed E-state index contributed by atoms with van der Waals surface area (Å²) in [5.41, 5.74) is 0.598. The molecule has 0 bridgehead atoms. The average molecular weight is 284 g/mol. The van der Waals surface area contributed by atoms with Crippen LogP contribution < -0.4 is 0 Å². The van der Waals surface area contributed by atoms with Gasteiger partial charge in [-0.1, -0.05) is 48.5 Å². The van der Waals surface area contributed by atoms with Gasteiger partial charge in [-0.15, -0.1) is 11.8 Å². The lowest BCUT2D eigenvalue weighted by Crippen LogP contribution is -2.24. The Morgan fingerprint density at radius 2 is 1.50 bits per heavy atom. The Bertz CT molecular complexity index is 578. The first-order valence-corrected chi connectivity index (χ1v) is 7.44. The number of benzene rings is 2. The molecule has 0 radical (unpaired) electrons. The summed E-state index contributed by atoms with van der Waals surface area (Å²) in [7, 11) is 0. The molecule has 0 aromatic heterocycles. The molecule has 0 aliphatic heterocycles. The number of carbonyl (C=O) groups excluding carboxylic acids is 2. The molecule has 0 saturated heterocycles. The zero-order valence-electron chi connectivity index (χ0n) is 11.3. The highest BCUT2D eigenvalue weighted by Crippen LogP contribution is 2.23. The molecule has 2 aromatic carbocycles. The minimum absolute atomic E-state index is 0.0812. The van der Waals surface area contributed by atoms with Crippen LogP contribution in [0.15, 0.2) is 65.6 Å². The van der Waals surface area contributed by atoms with E-state index in [0.29, 0.717) is 11.3 Å². The van der Waals surface area contributed by atoms with Gasteiger partial charge in [0.15, 0.2) is 5.78 Å². The van der Waals surface area contributed by atoms with Gasteiger partial charge in [0.1, 0.15) is 5.78 Å². The monoisotopic (exact) mass is 284 g/mol. The van der Waals surface area contributed by atoms with Gasteiger partial charge in [-0.3, -0.25) is 9.59 Å². The van der Waals surface area contributed by atoms with Gasteiger partial charge >= 0.3 is 0 Å². The molecule has 20 heavy (non-hydrogen) atoms. The molecule has 2 nitrogen and oxygen atoms in total. The Kier molecular flexibility index (Phi) is 5.13. The molecule has 0 aliphatic rings. The summed E-state index contributed by atoms with van der Waals surface area (Å²) in [6.07, 6.45) is 0. The molecule has 2 rings (SSSR count). The standard InChI is InChI=1S/C17H16O2S/c1-13(18)16(12-20-15-10-6-3-7-11-15)17(19)14-8-4-2-5-9-14/h2-11,16H,12H2,1H3. The van der Waals surface area contributed by atoms with Crippen molar-refractivity contribution in [2.75, 3.05) is 5.75 Å². The number of Topliss-reactive ketones (excluding diaryl/α,β-unsaturated/α-hetero) is 2. The molecule has 0 aliphatic carbocycles. The van der Waals surface area contributed by atoms with Gasteiger partial charge in [0, 0.05) is 16.2 Å². The second-order valence-electron chi connectivity index (χ2n) is 4.52. The van der Waals surface area contributed by atoms with Gasteiger partial charge in [0.05, 0.1) is 5.92 Å². The van der Waals surface area contributed by atoms with Gasteiger partial charge in [-0.05, 0) is 19.1 Å². The highest BCUT2D eigenvalue weighted by Gasteiger charge is 2.24. The molecule has 2 aromatic rings. The number of rotatable bonds is 6. The molecule has 102 valence electrons. The van der Waals surface area contributed by atoms with E-state index in [4.69, 9.17) is 0 Å². The maximum atomic E-state index is 12.4. The Balaban J connectivity index is 2.08. The molecule has 0 saturated carbocycles. The molecule has 0 amide bonds. The Morgan fingerprint density at radius 3 is 2.05 bits per heavy atom. The lowest BCUT2D eigenvalue weighted by atomic mass is 9.96. The van der Waals surface area contributed by atoms with E-state index in [1.54, 1.807) is 12.1 Å². The normalized spacial score (nSPS) is 11.8. The van der Waals surface area contributed by atoms with E-state index in [9.17, 15) is 9.59 Å². The Morgan fingerprint density at radius 1 is 0.950 bits per heavy atom. The van der Waals surface area contributed by atoms with Gasteiger partial charge in [-0.2, -0.15) is 0 Å². The highest BCUT2D eigenvalue weighted by molar-refractivity contribution is 7.99. The maximum absolute atomic E-state index is 12.4. The van der Waals surface area contributed by atoms with E-state index in [-0.39, 0.29) is 11.6 Å². The molecule has 1 unspecified atom stereocenters. The first kappa shape index (κ1) is 14.5. The van der Waals surface area contributed by atoms with Gasteiger partial charge < -0.3 is 0 Å². The number of carbonyl (C=O) groups is 2. The topological polar surface area (TPSA) is 34.1 Å². The van der Waals surface area contributed by atoms with Crippen LogP contribution in [0.4, 0.5) is 0 Å². The summed E-state index contributed by atoms with van der Waals surface area (Å²) in [5, 5.41) is 0. The maximum Gasteiger partial charge on any atom is 0.174 e. The van der Waals surface area contributed by atoms with E-state index in [0.717, 1.165) is 4.90 Å². The van der Waals surface area contributed by atoms with E-state index in [1.165, 1.54) is 18.7 Å². The Labute approximate surface area is 123 Å². The summed E-state index contributed by atoms with van der Waals surface area (Å²) in [6.45, 7) is 1.48. The third-order valence-electron chi connectivity index (χ3n) is 3.03. The van der Waals surface area contributed by atoms with Crippen LogP contribution in [0.25, 0.3) is 0 Å². The molecule has 0 heterocycles. The summed E-state index contributed by atoms with van der Waals surface area (Å²) < 4.78 is 0. The number of hydrogen-bond donors (Lipinski definition) is 0. The third kappa shape index (κ3) is 3.81. The van der Waals surface area contributed by atoms with Gasteiger partial charge in [-0.25, -0.2) is 0 Å². The smallest absolute Gasteiger partial charge is 0.174 e. The molecule has 0 spiro atoms. The summed E-state index contributed by atoms with van der Waals surface area (Å²) in [6, 6.07) is 18.8. The van der Waals surface area contributed by atoms with Crippen LogP contribution in [0.2, 0.25) is 0 Å². The summed E-state index contributed by atoms with van der Waals surface area (Å²) >= 11 is 1.54. The lowest BCUT2D eigenvalue weighted by molar-refractivity contribution is -0.118. The van der Waals surface area contributed by atoms with Crippen molar-refractivity contribution in [3.05, 3.63) is 66.2 Å². The SMILES string of the molecule is CC(=O)C(CSc1ccccc1)C(=O)c1ccccc1. The summed E-state index contributed by atoms with van der Waals surface area (Å²) in [4.78, 5) is 25.2. The van der Waals surface area contributed by atoms with Crippen molar-refractivity contribution in [3.63, 3.8) is 0 Å². The van der Waals surface area contributed by atoms with E-state index >= 15 is 0 Å².